The lowest BCUT2D eigenvalue weighted by molar-refractivity contribution is 0.00842. The topological polar surface area (TPSA) is 9.23 Å². The summed E-state index contributed by atoms with van der Waals surface area (Å²) in [5.41, 5.74) is 1.41. The van der Waals surface area contributed by atoms with E-state index in [0.29, 0.717) is 24.7 Å². The van der Waals surface area contributed by atoms with Gasteiger partial charge in [-0.15, -0.1) is 0 Å². The molecule has 15 heavy (non-hydrogen) atoms. The van der Waals surface area contributed by atoms with Gasteiger partial charge in [0.25, 0.3) is 0 Å². The fourth-order valence-corrected chi connectivity index (χ4v) is 1.62. The molecule has 0 radical (unpaired) electrons. The van der Waals surface area contributed by atoms with Crippen molar-refractivity contribution in [1.29, 1.82) is 0 Å². The highest BCUT2D eigenvalue weighted by Crippen LogP contribution is 2.25. The standard InChI is InChI=1S/C10H11BF3O/c12-11(13,14)5-8-1-3-9(4-2-8)10-6-15-7-10/h1-4,10H,5-7H2/q-1. The maximum Gasteiger partial charge on any atom is 0.482 e. The molecule has 1 aromatic carbocycles. The SMILES string of the molecule is F[B-](F)(F)Cc1ccc(C2COC2)cc1. The summed E-state index contributed by atoms with van der Waals surface area (Å²) in [7, 11) is 0. The average molecular weight is 215 g/mol. The Morgan fingerprint density at radius 3 is 2.13 bits per heavy atom. The van der Waals surface area contributed by atoms with Crippen LogP contribution in [-0.2, 0) is 11.1 Å². The second-order valence-electron chi connectivity index (χ2n) is 3.89. The number of rotatable bonds is 3. The van der Waals surface area contributed by atoms with E-state index in [1.165, 1.54) is 0 Å². The van der Waals surface area contributed by atoms with Gasteiger partial charge in [-0.05, 0) is 5.56 Å². The van der Waals surface area contributed by atoms with Crippen molar-refractivity contribution in [2.24, 2.45) is 0 Å². The Balaban J connectivity index is 2.03. The van der Waals surface area contributed by atoms with Crippen LogP contribution in [0, 0.1) is 0 Å². The van der Waals surface area contributed by atoms with Gasteiger partial charge in [0.15, 0.2) is 0 Å². The van der Waals surface area contributed by atoms with Gasteiger partial charge in [-0.25, -0.2) is 0 Å². The predicted octanol–water partition coefficient (Wildman–Crippen LogP) is 2.73. The van der Waals surface area contributed by atoms with Crippen LogP contribution in [0.1, 0.15) is 17.0 Å². The summed E-state index contributed by atoms with van der Waals surface area (Å²) in [5, 5.41) is 0. The van der Waals surface area contributed by atoms with Crippen molar-refractivity contribution in [2.75, 3.05) is 13.2 Å². The highest BCUT2D eigenvalue weighted by atomic mass is 19.4. The molecule has 1 aliphatic rings. The molecule has 1 saturated heterocycles. The second-order valence-corrected chi connectivity index (χ2v) is 3.89. The van der Waals surface area contributed by atoms with Gasteiger partial charge in [-0.3, -0.25) is 0 Å². The van der Waals surface area contributed by atoms with Crippen molar-refractivity contribution in [3.05, 3.63) is 35.4 Å². The molecule has 0 N–H and O–H groups in total. The van der Waals surface area contributed by atoms with Crippen molar-refractivity contribution < 1.29 is 17.7 Å². The molecule has 0 saturated carbocycles. The predicted molar refractivity (Wildman–Crippen MR) is 52.8 cm³/mol. The lowest BCUT2D eigenvalue weighted by atomic mass is 9.81. The van der Waals surface area contributed by atoms with Crippen molar-refractivity contribution in [3.63, 3.8) is 0 Å². The van der Waals surface area contributed by atoms with Crippen LogP contribution in [-0.4, -0.2) is 20.2 Å². The zero-order valence-electron chi connectivity index (χ0n) is 8.13. The lowest BCUT2D eigenvalue weighted by Gasteiger charge is -2.26. The van der Waals surface area contributed by atoms with Crippen LogP contribution in [0.5, 0.6) is 0 Å². The number of hydrogen-bond acceptors (Lipinski definition) is 1. The third-order valence-corrected chi connectivity index (χ3v) is 2.56. The van der Waals surface area contributed by atoms with Gasteiger partial charge >= 0.3 is 6.98 Å². The van der Waals surface area contributed by atoms with E-state index in [9.17, 15) is 12.9 Å². The molecule has 5 heteroatoms. The fraction of sp³-hybridized carbons (Fsp3) is 0.400. The van der Waals surface area contributed by atoms with Crippen molar-refractivity contribution in [2.45, 2.75) is 12.2 Å². The minimum absolute atomic E-state index is 0.339. The molecule has 0 amide bonds. The van der Waals surface area contributed by atoms with Crippen LogP contribution >= 0.6 is 0 Å². The molecule has 0 aliphatic carbocycles. The summed E-state index contributed by atoms with van der Waals surface area (Å²) in [6.07, 6.45) is -0.790. The first-order chi connectivity index (χ1) is 7.04. The molecule has 2 rings (SSSR count). The van der Waals surface area contributed by atoms with Crippen molar-refractivity contribution in [1.82, 2.24) is 0 Å². The Labute approximate surface area is 86.3 Å². The molecule has 1 heterocycles. The summed E-state index contributed by atoms with van der Waals surface area (Å²) in [4.78, 5) is 0. The van der Waals surface area contributed by atoms with Crippen LogP contribution in [0.25, 0.3) is 0 Å². The van der Waals surface area contributed by atoms with E-state index in [-0.39, 0.29) is 0 Å². The third-order valence-electron chi connectivity index (χ3n) is 2.56. The molecule has 0 atom stereocenters. The second kappa shape index (κ2) is 3.89. The molecule has 1 fully saturated rings. The number of ether oxygens (including phenoxy) is 1. The summed E-state index contributed by atoms with van der Waals surface area (Å²) >= 11 is 0. The highest BCUT2D eigenvalue weighted by Gasteiger charge is 2.24. The smallest absolute Gasteiger partial charge is 0.449 e. The third kappa shape index (κ3) is 2.75. The Bertz CT molecular complexity index is 330. The quantitative estimate of drug-likeness (QED) is 0.704. The molecule has 0 spiro atoms. The molecule has 1 aliphatic heterocycles. The van der Waals surface area contributed by atoms with Crippen LogP contribution < -0.4 is 0 Å². The van der Waals surface area contributed by atoms with Crippen LogP contribution in [0.4, 0.5) is 12.9 Å². The summed E-state index contributed by atoms with van der Waals surface area (Å²) in [6, 6.07) is 6.65. The summed E-state index contributed by atoms with van der Waals surface area (Å²) < 4.78 is 41.4. The van der Waals surface area contributed by atoms with E-state index in [1.807, 2.05) is 0 Å². The van der Waals surface area contributed by atoms with E-state index in [2.05, 4.69) is 0 Å². The van der Waals surface area contributed by atoms with Gasteiger partial charge in [0, 0.05) is 5.92 Å². The highest BCUT2D eigenvalue weighted by molar-refractivity contribution is 6.57. The van der Waals surface area contributed by atoms with Gasteiger partial charge in [-0.2, -0.15) is 0 Å². The lowest BCUT2D eigenvalue weighted by Crippen LogP contribution is -2.25. The molecule has 82 valence electrons. The van der Waals surface area contributed by atoms with Gasteiger partial charge in [0.1, 0.15) is 0 Å². The normalized spacial score (nSPS) is 17.5. The van der Waals surface area contributed by atoms with Crippen LogP contribution in [0.3, 0.4) is 0 Å². The minimum atomic E-state index is -4.73. The molecule has 0 bridgehead atoms. The zero-order chi connectivity index (χ0) is 10.9. The van der Waals surface area contributed by atoms with E-state index < -0.39 is 13.3 Å². The monoisotopic (exact) mass is 215 g/mol. The minimum Gasteiger partial charge on any atom is -0.449 e. The number of benzene rings is 1. The maximum atomic E-state index is 12.1. The fourth-order valence-electron chi connectivity index (χ4n) is 1.62. The Kier molecular flexibility index (Phi) is 2.73. The van der Waals surface area contributed by atoms with E-state index in [0.717, 1.165) is 5.56 Å². The summed E-state index contributed by atoms with van der Waals surface area (Å²) in [6.45, 7) is -3.36. The average Bonchev–Trinajstić information content (AvgIpc) is 2.02. The van der Waals surface area contributed by atoms with Crippen molar-refractivity contribution in [3.8, 4) is 0 Å². The Morgan fingerprint density at radius 1 is 1.13 bits per heavy atom. The molecular weight excluding hydrogens is 204 g/mol. The Morgan fingerprint density at radius 2 is 1.73 bits per heavy atom. The molecular formula is C10H11BF3O-. The zero-order valence-corrected chi connectivity index (χ0v) is 8.13. The maximum absolute atomic E-state index is 12.1. The van der Waals surface area contributed by atoms with Crippen LogP contribution in [0.15, 0.2) is 24.3 Å². The Hall–Kier alpha value is -0.965. The van der Waals surface area contributed by atoms with E-state index in [1.54, 1.807) is 24.3 Å². The van der Waals surface area contributed by atoms with E-state index in [4.69, 9.17) is 4.74 Å². The van der Waals surface area contributed by atoms with E-state index >= 15 is 0 Å². The van der Waals surface area contributed by atoms with Crippen molar-refractivity contribution >= 4 is 6.98 Å². The van der Waals surface area contributed by atoms with Gasteiger partial charge in [0.2, 0.25) is 0 Å². The first-order valence-electron chi connectivity index (χ1n) is 4.92. The first-order valence-corrected chi connectivity index (χ1v) is 4.92. The molecule has 1 aromatic rings. The number of hydrogen-bond donors (Lipinski definition) is 0. The molecule has 1 nitrogen and oxygen atoms in total. The van der Waals surface area contributed by atoms with Crippen LogP contribution in [0.2, 0.25) is 0 Å². The molecule has 0 aromatic heterocycles. The molecule has 0 unspecified atom stereocenters. The summed E-state index contributed by atoms with van der Waals surface area (Å²) in [5.74, 6) is 0.371. The van der Waals surface area contributed by atoms with Gasteiger partial charge in [0.05, 0.1) is 13.2 Å². The van der Waals surface area contributed by atoms with Gasteiger partial charge in [-0.1, -0.05) is 36.1 Å². The largest absolute Gasteiger partial charge is 0.482 e. The van der Waals surface area contributed by atoms with Gasteiger partial charge < -0.3 is 17.7 Å². The first kappa shape index (κ1) is 10.5. The number of halogens is 3.